The van der Waals surface area contributed by atoms with Crippen LogP contribution in [0.3, 0.4) is 0 Å². The van der Waals surface area contributed by atoms with Gasteiger partial charge in [0, 0.05) is 6.54 Å². The zero-order chi connectivity index (χ0) is 12.1. The molecule has 1 N–H and O–H groups in total. The summed E-state index contributed by atoms with van der Waals surface area (Å²) < 4.78 is 5.71. The molecule has 1 aromatic carbocycles. The smallest absolute Gasteiger partial charge is 0.240 e. The van der Waals surface area contributed by atoms with Gasteiger partial charge in [0.05, 0.1) is 10.9 Å². The summed E-state index contributed by atoms with van der Waals surface area (Å²) in [6, 6.07) is 8.00. The average Bonchev–Trinajstić information content (AvgIpc) is 2.78. The summed E-state index contributed by atoms with van der Waals surface area (Å²) in [5.74, 6) is 0.702. The van der Waals surface area contributed by atoms with Crippen molar-refractivity contribution in [1.82, 2.24) is 15.1 Å². The molecule has 0 amide bonds. The molecule has 2 aromatic rings. The Bertz CT molecular complexity index is 462. The largest absolute Gasteiger partial charge is 0.475 e. The molecule has 0 bridgehead atoms. The van der Waals surface area contributed by atoms with Gasteiger partial charge in [0.25, 0.3) is 0 Å². The average molecular weight is 233 g/mol. The van der Waals surface area contributed by atoms with Gasteiger partial charge in [-0.15, -0.1) is 5.10 Å². The van der Waals surface area contributed by atoms with Crippen LogP contribution in [0, 0.1) is 0 Å². The number of benzene rings is 1. The van der Waals surface area contributed by atoms with Crippen molar-refractivity contribution in [2.45, 2.75) is 13.8 Å². The quantitative estimate of drug-likeness (QED) is 0.832. The highest BCUT2D eigenvalue weighted by Gasteiger charge is 2.06. The number of aromatic amines is 1. The lowest BCUT2D eigenvalue weighted by Crippen LogP contribution is -2.27. The van der Waals surface area contributed by atoms with Gasteiger partial charge in [-0.2, -0.15) is 0 Å². The second-order valence-corrected chi connectivity index (χ2v) is 3.95. The summed E-state index contributed by atoms with van der Waals surface area (Å²) in [6.07, 6.45) is 0. The first-order valence-electron chi connectivity index (χ1n) is 6.13. The van der Waals surface area contributed by atoms with E-state index in [0.29, 0.717) is 12.5 Å². The second kappa shape index (κ2) is 5.68. The Kier molecular flexibility index (Phi) is 3.98. The predicted molar refractivity (Wildman–Crippen MR) is 69.4 cm³/mol. The van der Waals surface area contributed by atoms with E-state index < -0.39 is 0 Å². The lowest BCUT2D eigenvalue weighted by molar-refractivity contribution is 0.219. The molecule has 0 atom stereocenters. The summed E-state index contributed by atoms with van der Waals surface area (Å²) in [4.78, 5) is 2.33. The van der Waals surface area contributed by atoms with Crippen molar-refractivity contribution < 1.29 is 4.74 Å². The van der Waals surface area contributed by atoms with Crippen molar-refractivity contribution in [3.8, 4) is 5.88 Å². The first-order valence-corrected chi connectivity index (χ1v) is 6.13. The van der Waals surface area contributed by atoms with E-state index in [1.54, 1.807) is 0 Å². The van der Waals surface area contributed by atoms with Crippen LogP contribution >= 0.6 is 0 Å². The van der Waals surface area contributed by atoms with Crippen molar-refractivity contribution in [2.24, 2.45) is 0 Å². The van der Waals surface area contributed by atoms with Crippen molar-refractivity contribution in [2.75, 3.05) is 26.2 Å². The molecule has 0 spiro atoms. The van der Waals surface area contributed by atoms with Gasteiger partial charge < -0.3 is 9.64 Å². The van der Waals surface area contributed by atoms with Crippen LogP contribution in [-0.4, -0.2) is 41.3 Å². The van der Waals surface area contributed by atoms with Crippen molar-refractivity contribution in [1.29, 1.82) is 0 Å². The Labute approximate surface area is 102 Å². The van der Waals surface area contributed by atoms with Gasteiger partial charge in [-0.3, -0.25) is 5.10 Å². The van der Waals surface area contributed by atoms with Gasteiger partial charge in [-0.25, -0.2) is 0 Å². The Morgan fingerprint density at radius 1 is 1.24 bits per heavy atom. The van der Waals surface area contributed by atoms with E-state index in [9.17, 15) is 0 Å². The van der Waals surface area contributed by atoms with Crippen LogP contribution in [0.4, 0.5) is 0 Å². The van der Waals surface area contributed by atoms with Gasteiger partial charge in [0.15, 0.2) is 0 Å². The maximum absolute atomic E-state index is 5.71. The molecule has 0 saturated carbocycles. The number of fused-ring (bicyclic) bond motifs is 1. The molecule has 1 heterocycles. The third kappa shape index (κ3) is 2.77. The minimum absolute atomic E-state index is 0.677. The van der Waals surface area contributed by atoms with E-state index >= 15 is 0 Å². The lowest BCUT2D eigenvalue weighted by Gasteiger charge is -2.17. The van der Waals surface area contributed by atoms with Crippen LogP contribution in [0.5, 0.6) is 5.88 Å². The highest BCUT2D eigenvalue weighted by molar-refractivity contribution is 5.83. The van der Waals surface area contributed by atoms with Gasteiger partial charge in [-0.05, 0) is 25.2 Å². The van der Waals surface area contributed by atoms with Gasteiger partial charge in [-0.1, -0.05) is 26.0 Å². The first-order chi connectivity index (χ1) is 8.35. The molecule has 92 valence electrons. The van der Waals surface area contributed by atoms with Crippen LogP contribution in [0.25, 0.3) is 10.9 Å². The van der Waals surface area contributed by atoms with Crippen molar-refractivity contribution in [3.63, 3.8) is 0 Å². The summed E-state index contributed by atoms with van der Waals surface area (Å²) in [5, 5.41) is 8.19. The fourth-order valence-corrected chi connectivity index (χ4v) is 1.86. The maximum Gasteiger partial charge on any atom is 0.240 e. The summed E-state index contributed by atoms with van der Waals surface area (Å²) >= 11 is 0. The zero-order valence-corrected chi connectivity index (χ0v) is 10.4. The lowest BCUT2D eigenvalue weighted by atomic mass is 10.2. The van der Waals surface area contributed by atoms with Crippen LogP contribution < -0.4 is 4.74 Å². The molecule has 0 fully saturated rings. The Morgan fingerprint density at radius 3 is 2.76 bits per heavy atom. The zero-order valence-electron chi connectivity index (χ0n) is 10.4. The van der Waals surface area contributed by atoms with E-state index in [1.165, 1.54) is 0 Å². The number of nitrogens with one attached hydrogen (secondary N) is 1. The van der Waals surface area contributed by atoms with Crippen molar-refractivity contribution in [3.05, 3.63) is 24.3 Å². The number of H-pyrrole nitrogens is 1. The second-order valence-electron chi connectivity index (χ2n) is 3.95. The number of hydrogen-bond acceptors (Lipinski definition) is 3. The molecule has 0 aliphatic rings. The Balaban J connectivity index is 1.95. The maximum atomic E-state index is 5.71. The highest BCUT2D eigenvalue weighted by atomic mass is 16.5. The Hall–Kier alpha value is -1.55. The molecule has 0 radical (unpaired) electrons. The van der Waals surface area contributed by atoms with E-state index in [1.807, 2.05) is 24.3 Å². The molecule has 17 heavy (non-hydrogen) atoms. The molecule has 4 heteroatoms. The van der Waals surface area contributed by atoms with E-state index in [-0.39, 0.29) is 0 Å². The standard InChI is InChI=1S/C13H19N3O/c1-3-16(4-2)9-10-17-13-11-7-5-6-8-12(11)14-15-13/h5-8H,3-4,9-10H2,1-2H3,(H,14,15). The fourth-order valence-electron chi connectivity index (χ4n) is 1.86. The fraction of sp³-hybridized carbons (Fsp3) is 0.462. The minimum Gasteiger partial charge on any atom is -0.475 e. The molecular weight excluding hydrogens is 214 g/mol. The molecule has 2 rings (SSSR count). The molecule has 0 saturated heterocycles. The number of nitrogens with zero attached hydrogens (tertiary/aromatic N) is 2. The monoisotopic (exact) mass is 233 g/mol. The van der Waals surface area contributed by atoms with E-state index in [0.717, 1.165) is 30.5 Å². The number of likely N-dealkylation sites (N-methyl/N-ethyl adjacent to an activating group) is 1. The molecule has 4 nitrogen and oxygen atoms in total. The van der Waals surface area contributed by atoms with Gasteiger partial charge >= 0.3 is 0 Å². The molecule has 0 aliphatic carbocycles. The number of rotatable bonds is 6. The van der Waals surface area contributed by atoms with Gasteiger partial charge in [0.1, 0.15) is 6.61 Å². The third-order valence-electron chi connectivity index (χ3n) is 2.98. The normalized spacial score (nSPS) is 11.2. The Morgan fingerprint density at radius 2 is 2.00 bits per heavy atom. The van der Waals surface area contributed by atoms with E-state index in [4.69, 9.17) is 4.74 Å². The highest BCUT2D eigenvalue weighted by Crippen LogP contribution is 2.21. The van der Waals surface area contributed by atoms with Crippen LogP contribution in [0.1, 0.15) is 13.8 Å². The molecule has 0 aliphatic heterocycles. The summed E-state index contributed by atoms with van der Waals surface area (Å²) in [6.45, 7) is 8.05. The first kappa shape index (κ1) is 11.9. The van der Waals surface area contributed by atoms with Crippen LogP contribution in [-0.2, 0) is 0 Å². The van der Waals surface area contributed by atoms with E-state index in [2.05, 4.69) is 28.9 Å². The number of aromatic nitrogens is 2. The van der Waals surface area contributed by atoms with Gasteiger partial charge in [0.2, 0.25) is 5.88 Å². The number of para-hydroxylation sites is 1. The summed E-state index contributed by atoms with van der Waals surface area (Å²) in [7, 11) is 0. The number of hydrogen-bond donors (Lipinski definition) is 1. The van der Waals surface area contributed by atoms with Crippen molar-refractivity contribution >= 4 is 10.9 Å². The predicted octanol–water partition coefficient (Wildman–Crippen LogP) is 2.28. The molecule has 1 aromatic heterocycles. The van der Waals surface area contributed by atoms with Crippen LogP contribution in [0.15, 0.2) is 24.3 Å². The molecule has 0 unspecified atom stereocenters. The minimum atomic E-state index is 0.677. The summed E-state index contributed by atoms with van der Waals surface area (Å²) in [5.41, 5.74) is 1.02. The topological polar surface area (TPSA) is 41.1 Å². The number of ether oxygens (including phenoxy) is 1. The molecular formula is C13H19N3O. The third-order valence-corrected chi connectivity index (χ3v) is 2.98. The van der Waals surface area contributed by atoms with Crippen LogP contribution in [0.2, 0.25) is 0 Å². The SMILES string of the molecule is CCN(CC)CCOc1n[nH]c2ccccc12.